The lowest BCUT2D eigenvalue weighted by Gasteiger charge is -2.18. The van der Waals surface area contributed by atoms with Crippen molar-refractivity contribution in [2.24, 2.45) is 0 Å². The zero-order chi connectivity index (χ0) is 29.4. The van der Waals surface area contributed by atoms with Gasteiger partial charge in [-0.05, 0) is 119 Å². The number of rotatable bonds is 4. The predicted molar refractivity (Wildman–Crippen MR) is 176 cm³/mol. The molecule has 0 aliphatic carbocycles. The van der Waals surface area contributed by atoms with Gasteiger partial charge < -0.3 is 0 Å². The lowest BCUT2D eigenvalue weighted by atomic mass is 9.84. The smallest absolute Gasteiger partial charge is 0.194 e. The van der Waals surface area contributed by atoms with Crippen LogP contribution in [0.15, 0.2) is 84.9 Å². The molecule has 0 N–H and O–H groups in total. The van der Waals surface area contributed by atoms with Crippen molar-refractivity contribution in [3.8, 4) is 0 Å². The van der Waals surface area contributed by atoms with E-state index < -0.39 is 0 Å². The van der Waals surface area contributed by atoms with E-state index in [1.165, 1.54) is 0 Å². The molecule has 0 aliphatic rings. The zero-order valence-electron chi connectivity index (χ0n) is 24.9. The molecule has 7 aromatic rings. The highest BCUT2D eigenvalue weighted by Crippen LogP contribution is 2.43. The summed E-state index contributed by atoms with van der Waals surface area (Å²) in [4.78, 5) is 28.1. The molecule has 0 spiro atoms. The van der Waals surface area contributed by atoms with E-state index in [0.717, 1.165) is 98.7 Å². The summed E-state index contributed by atoms with van der Waals surface area (Å²) in [6.45, 7) is 12.2. The second-order valence-corrected chi connectivity index (χ2v) is 12.0. The van der Waals surface area contributed by atoms with Crippen LogP contribution in [0.1, 0.15) is 65.2 Å². The van der Waals surface area contributed by atoms with E-state index in [0.29, 0.717) is 0 Å². The van der Waals surface area contributed by atoms with E-state index in [9.17, 15) is 9.59 Å². The Bertz CT molecular complexity index is 2050. The molecule has 0 aliphatic heterocycles. The van der Waals surface area contributed by atoms with Crippen molar-refractivity contribution < 1.29 is 9.59 Å². The molecule has 2 nitrogen and oxygen atoms in total. The fourth-order valence-electron chi connectivity index (χ4n) is 7.45. The van der Waals surface area contributed by atoms with E-state index in [1.54, 1.807) is 0 Å². The number of carbonyl (C=O) groups is 2. The quantitative estimate of drug-likeness (QED) is 0.125. The number of benzene rings is 7. The Kier molecular flexibility index (Phi) is 5.81. The number of fused-ring (bicyclic) bond motifs is 2. The first-order valence-corrected chi connectivity index (χ1v) is 14.5. The fraction of sp³-hybridized carbons (Fsp3) is 0.150. The molecule has 0 atom stereocenters. The Hall–Kier alpha value is -4.82. The number of ketones is 2. The molecule has 2 heteroatoms. The first kappa shape index (κ1) is 26.1. The second-order valence-electron chi connectivity index (χ2n) is 12.0. The summed E-state index contributed by atoms with van der Waals surface area (Å²) in [5, 5.41) is 8.50. The van der Waals surface area contributed by atoms with Gasteiger partial charge in [0.15, 0.2) is 11.6 Å². The third-order valence-electron chi connectivity index (χ3n) is 8.96. The van der Waals surface area contributed by atoms with Gasteiger partial charge in [-0.1, -0.05) is 83.9 Å². The fourth-order valence-corrected chi connectivity index (χ4v) is 7.45. The molecular formula is C40H32O2. The Balaban J connectivity index is 1.51. The van der Waals surface area contributed by atoms with Gasteiger partial charge in [0.25, 0.3) is 0 Å². The van der Waals surface area contributed by atoms with E-state index in [2.05, 4.69) is 74.5 Å². The van der Waals surface area contributed by atoms with Crippen LogP contribution in [-0.2, 0) is 0 Å². The molecule has 0 radical (unpaired) electrons. The van der Waals surface area contributed by atoms with E-state index in [4.69, 9.17) is 0 Å². The van der Waals surface area contributed by atoms with Crippen molar-refractivity contribution in [2.45, 2.75) is 41.5 Å². The van der Waals surface area contributed by atoms with Crippen LogP contribution in [0, 0.1) is 41.5 Å². The van der Waals surface area contributed by atoms with Crippen molar-refractivity contribution in [2.75, 3.05) is 0 Å². The lowest BCUT2D eigenvalue weighted by Crippen LogP contribution is -2.08. The van der Waals surface area contributed by atoms with Gasteiger partial charge in [0.2, 0.25) is 0 Å². The average Bonchev–Trinajstić information content (AvgIpc) is 2.94. The van der Waals surface area contributed by atoms with Crippen molar-refractivity contribution in [1.29, 1.82) is 0 Å². The standard InChI is InChI=1S/C40H32O2/c1-21-17-23(3)35(24(4)18-21)39(41)33-15-13-31-28-10-8-12-30-34(40(42)36-25(5)19-22(2)20-26(36)6)16-14-32(38(28)30)27-9-7-11-29(33)37(27)31/h7-20H,1-6H3. The third kappa shape index (κ3) is 3.72. The summed E-state index contributed by atoms with van der Waals surface area (Å²) in [5.41, 5.74) is 9.34. The van der Waals surface area contributed by atoms with Gasteiger partial charge in [-0.15, -0.1) is 0 Å². The number of hydrogen-bond acceptors (Lipinski definition) is 2. The summed E-state index contributed by atoms with van der Waals surface area (Å²) in [6.07, 6.45) is 0. The second kappa shape index (κ2) is 9.36. The third-order valence-corrected chi connectivity index (χ3v) is 8.96. The molecule has 0 heterocycles. The molecule has 0 saturated carbocycles. The molecule has 7 rings (SSSR count). The molecule has 0 unspecified atom stereocenters. The van der Waals surface area contributed by atoms with Gasteiger partial charge in [-0.25, -0.2) is 0 Å². The molecule has 0 fully saturated rings. The molecule has 42 heavy (non-hydrogen) atoms. The van der Waals surface area contributed by atoms with Crippen molar-refractivity contribution in [3.05, 3.63) is 141 Å². The van der Waals surface area contributed by atoms with Crippen molar-refractivity contribution in [1.82, 2.24) is 0 Å². The van der Waals surface area contributed by atoms with Gasteiger partial charge in [-0.3, -0.25) is 9.59 Å². The summed E-state index contributed by atoms with van der Waals surface area (Å²) >= 11 is 0. The molecule has 7 aromatic carbocycles. The van der Waals surface area contributed by atoms with Crippen molar-refractivity contribution >= 4 is 54.7 Å². The first-order chi connectivity index (χ1) is 20.2. The minimum atomic E-state index is 0.0579. The van der Waals surface area contributed by atoms with Crippen LogP contribution in [0.25, 0.3) is 43.1 Å². The van der Waals surface area contributed by atoms with Gasteiger partial charge in [0, 0.05) is 22.3 Å². The molecule has 0 saturated heterocycles. The van der Waals surface area contributed by atoms with Crippen LogP contribution in [0.2, 0.25) is 0 Å². The molecule has 0 amide bonds. The van der Waals surface area contributed by atoms with E-state index in [-0.39, 0.29) is 11.6 Å². The predicted octanol–water partition coefficient (Wildman–Crippen LogP) is 10.0. The molecule has 0 bridgehead atoms. The normalized spacial score (nSPS) is 11.8. The summed E-state index contributed by atoms with van der Waals surface area (Å²) in [7, 11) is 0. The maximum Gasteiger partial charge on any atom is 0.194 e. The molecule has 0 aromatic heterocycles. The topological polar surface area (TPSA) is 34.1 Å². The highest BCUT2D eigenvalue weighted by atomic mass is 16.1. The highest BCUT2D eigenvalue weighted by Gasteiger charge is 2.23. The number of hydrogen-bond donors (Lipinski definition) is 0. The minimum Gasteiger partial charge on any atom is -0.289 e. The monoisotopic (exact) mass is 544 g/mol. The summed E-state index contributed by atoms with van der Waals surface area (Å²) in [6, 6.07) is 29.0. The van der Waals surface area contributed by atoms with E-state index >= 15 is 0 Å². The minimum absolute atomic E-state index is 0.0579. The Morgan fingerprint density at radius 1 is 0.405 bits per heavy atom. The first-order valence-electron chi connectivity index (χ1n) is 14.5. The lowest BCUT2D eigenvalue weighted by molar-refractivity contribution is 0.103. The molecule has 204 valence electrons. The summed E-state index contributed by atoms with van der Waals surface area (Å²) < 4.78 is 0. The van der Waals surface area contributed by atoms with Crippen molar-refractivity contribution in [3.63, 3.8) is 0 Å². The summed E-state index contributed by atoms with van der Waals surface area (Å²) in [5.74, 6) is 0.116. The molecular weight excluding hydrogens is 512 g/mol. The van der Waals surface area contributed by atoms with Gasteiger partial charge >= 0.3 is 0 Å². The van der Waals surface area contributed by atoms with Gasteiger partial charge in [0.1, 0.15) is 0 Å². The van der Waals surface area contributed by atoms with Crippen LogP contribution in [0.5, 0.6) is 0 Å². The number of carbonyl (C=O) groups excluding carboxylic acids is 2. The van der Waals surface area contributed by atoms with E-state index in [1.807, 2.05) is 52.0 Å². The Morgan fingerprint density at radius 3 is 1.07 bits per heavy atom. The largest absolute Gasteiger partial charge is 0.289 e. The Morgan fingerprint density at radius 2 is 0.714 bits per heavy atom. The maximum absolute atomic E-state index is 14.1. The van der Waals surface area contributed by atoms with Crippen LogP contribution in [-0.4, -0.2) is 11.6 Å². The van der Waals surface area contributed by atoms with Crippen LogP contribution in [0.4, 0.5) is 0 Å². The van der Waals surface area contributed by atoms with Crippen LogP contribution < -0.4 is 0 Å². The zero-order valence-corrected chi connectivity index (χ0v) is 24.9. The van der Waals surface area contributed by atoms with Crippen LogP contribution in [0.3, 0.4) is 0 Å². The van der Waals surface area contributed by atoms with Gasteiger partial charge in [-0.2, -0.15) is 0 Å². The highest BCUT2D eigenvalue weighted by molar-refractivity contribution is 6.37. The Labute approximate surface area is 245 Å². The maximum atomic E-state index is 14.1. The SMILES string of the molecule is Cc1cc(C)c(C(=O)c2ccc3c4cccc5c(C(=O)c6c(C)cc(C)cc6C)ccc(c6cccc2c63)c54)c(C)c1. The number of aryl methyl sites for hydroxylation is 6. The van der Waals surface area contributed by atoms with Gasteiger partial charge in [0.05, 0.1) is 0 Å². The van der Waals surface area contributed by atoms with Crippen LogP contribution >= 0.6 is 0 Å². The average molecular weight is 545 g/mol.